The molecule has 96 valence electrons. The van der Waals surface area contributed by atoms with Crippen LogP contribution in [0, 0.1) is 0 Å². The Hall–Kier alpha value is -1.06. The van der Waals surface area contributed by atoms with Gasteiger partial charge in [-0.25, -0.2) is 0 Å². The average Bonchev–Trinajstić information content (AvgIpc) is 2.38. The van der Waals surface area contributed by atoms with Crippen molar-refractivity contribution in [1.82, 2.24) is 5.32 Å². The zero-order valence-corrected chi connectivity index (χ0v) is 10.8. The standard InChI is InChI=1S/C14H23NO2/c1-3-9-17-14-8-6-5-7-12(14)10-15-13(4-2)11-16/h5-8,13,15-16H,3-4,9-11H2,1-2H3/t13-/m0/s1. The summed E-state index contributed by atoms with van der Waals surface area (Å²) in [4.78, 5) is 0. The van der Waals surface area contributed by atoms with Crippen LogP contribution in [0.3, 0.4) is 0 Å². The first-order chi connectivity index (χ1) is 8.31. The highest BCUT2D eigenvalue weighted by Crippen LogP contribution is 2.18. The minimum Gasteiger partial charge on any atom is -0.493 e. The minimum absolute atomic E-state index is 0.161. The third kappa shape index (κ3) is 4.75. The molecule has 1 atom stereocenters. The lowest BCUT2D eigenvalue weighted by Gasteiger charge is -2.16. The van der Waals surface area contributed by atoms with Gasteiger partial charge in [0.05, 0.1) is 13.2 Å². The van der Waals surface area contributed by atoms with Gasteiger partial charge >= 0.3 is 0 Å². The summed E-state index contributed by atoms with van der Waals surface area (Å²) in [5, 5.41) is 12.4. The molecule has 0 saturated carbocycles. The summed E-state index contributed by atoms with van der Waals surface area (Å²) in [7, 11) is 0. The Balaban J connectivity index is 2.56. The van der Waals surface area contributed by atoms with Crippen LogP contribution in [0.4, 0.5) is 0 Å². The second kappa shape index (κ2) is 8.09. The molecule has 17 heavy (non-hydrogen) atoms. The summed E-state index contributed by atoms with van der Waals surface area (Å²) in [6.07, 6.45) is 1.93. The van der Waals surface area contributed by atoms with Crippen LogP contribution in [0.2, 0.25) is 0 Å². The summed E-state index contributed by atoms with van der Waals surface area (Å²) in [6.45, 7) is 5.81. The van der Waals surface area contributed by atoms with Gasteiger partial charge in [0.25, 0.3) is 0 Å². The molecule has 0 aliphatic heterocycles. The van der Waals surface area contributed by atoms with E-state index in [1.807, 2.05) is 18.2 Å². The largest absolute Gasteiger partial charge is 0.493 e. The predicted molar refractivity (Wildman–Crippen MR) is 70.2 cm³/mol. The van der Waals surface area contributed by atoms with Crippen molar-refractivity contribution in [1.29, 1.82) is 0 Å². The maximum Gasteiger partial charge on any atom is 0.123 e. The zero-order chi connectivity index (χ0) is 12.5. The monoisotopic (exact) mass is 237 g/mol. The number of para-hydroxylation sites is 1. The highest BCUT2D eigenvalue weighted by atomic mass is 16.5. The van der Waals surface area contributed by atoms with Crippen molar-refractivity contribution < 1.29 is 9.84 Å². The lowest BCUT2D eigenvalue weighted by molar-refractivity contribution is 0.237. The van der Waals surface area contributed by atoms with Gasteiger partial charge in [-0.3, -0.25) is 0 Å². The van der Waals surface area contributed by atoms with Gasteiger partial charge in [0.1, 0.15) is 5.75 Å². The molecule has 0 fully saturated rings. The normalized spacial score (nSPS) is 12.4. The average molecular weight is 237 g/mol. The van der Waals surface area contributed by atoms with Crippen LogP contribution in [0.5, 0.6) is 5.75 Å². The Morgan fingerprint density at radius 2 is 2.06 bits per heavy atom. The first-order valence-corrected chi connectivity index (χ1v) is 6.36. The Morgan fingerprint density at radius 3 is 2.71 bits per heavy atom. The molecule has 0 unspecified atom stereocenters. The highest BCUT2D eigenvalue weighted by Gasteiger charge is 2.06. The van der Waals surface area contributed by atoms with Crippen LogP contribution >= 0.6 is 0 Å². The smallest absolute Gasteiger partial charge is 0.123 e. The lowest BCUT2D eigenvalue weighted by atomic mass is 10.1. The Morgan fingerprint density at radius 1 is 1.29 bits per heavy atom. The van der Waals surface area contributed by atoms with Gasteiger partial charge in [0, 0.05) is 18.2 Å². The van der Waals surface area contributed by atoms with Crippen molar-refractivity contribution in [3.8, 4) is 5.75 Å². The van der Waals surface area contributed by atoms with Crippen LogP contribution in [0.25, 0.3) is 0 Å². The molecule has 2 N–H and O–H groups in total. The van der Waals surface area contributed by atoms with E-state index in [1.54, 1.807) is 0 Å². The molecule has 3 nitrogen and oxygen atoms in total. The van der Waals surface area contributed by atoms with Crippen molar-refractivity contribution in [2.45, 2.75) is 39.3 Å². The van der Waals surface area contributed by atoms with Gasteiger partial charge in [-0.05, 0) is 18.9 Å². The maximum absolute atomic E-state index is 9.12. The molecule has 0 aliphatic rings. The van der Waals surface area contributed by atoms with Gasteiger partial charge in [-0.15, -0.1) is 0 Å². The van der Waals surface area contributed by atoms with Gasteiger partial charge in [-0.2, -0.15) is 0 Å². The molecule has 0 spiro atoms. The van der Waals surface area contributed by atoms with Crippen LogP contribution in [0.15, 0.2) is 24.3 Å². The second-order valence-electron chi connectivity index (χ2n) is 4.12. The van der Waals surface area contributed by atoms with E-state index in [1.165, 1.54) is 0 Å². The van der Waals surface area contributed by atoms with E-state index in [2.05, 4.69) is 25.2 Å². The van der Waals surface area contributed by atoms with Crippen LogP contribution in [-0.2, 0) is 6.54 Å². The van der Waals surface area contributed by atoms with Crippen molar-refractivity contribution in [2.75, 3.05) is 13.2 Å². The fourth-order valence-corrected chi connectivity index (χ4v) is 1.59. The number of rotatable bonds is 8. The second-order valence-corrected chi connectivity index (χ2v) is 4.12. The summed E-state index contributed by atoms with van der Waals surface area (Å²) < 4.78 is 5.68. The van der Waals surface area contributed by atoms with Gasteiger partial charge in [-0.1, -0.05) is 32.0 Å². The van der Waals surface area contributed by atoms with E-state index in [0.717, 1.165) is 37.3 Å². The predicted octanol–water partition coefficient (Wildman–Crippen LogP) is 2.34. The first kappa shape index (κ1) is 14.0. The Bertz CT molecular complexity index is 311. The molecule has 0 amide bonds. The number of aliphatic hydroxyl groups excluding tert-OH is 1. The number of nitrogens with one attached hydrogen (secondary N) is 1. The Labute approximate surface area is 104 Å². The summed E-state index contributed by atoms with van der Waals surface area (Å²) in [5.74, 6) is 0.939. The van der Waals surface area contributed by atoms with Gasteiger partial charge in [0.2, 0.25) is 0 Å². The third-order valence-electron chi connectivity index (χ3n) is 2.73. The molecule has 3 heteroatoms. The summed E-state index contributed by atoms with van der Waals surface area (Å²) in [6, 6.07) is 8.21. The number of aliphatic hydroxyl groups is 1. The molecular weight excluding hydrogens is 214 g/mol. The topological polar surface area (TPSA) is 41.5 Å². The molecule has 1 aromatic carbocycles. The number of ether oxygens (including phenoxy) is 1. The van der Waals surface area contributed by atoms with Crippen LogP contribution < -0.4 is 10.1 Å². The molecule has 0 heterocycles. The number of benzene rings is 1. The lowest BCUT2D eigenvalue weighted by Crippen LogP contribution is -2.31. The van der Waals surface area contributed by atoms with E-state index in [-0.39, 0.29) is 12.6 Å². The molecule has 0 aromatic heterocycles. The van der Waals surface area contributed by atoms with Crippen LogP contribution in [-0.4, -0.2) is 24.4 Å². The zero-order valence-electron chi connectivity index (χ0n) is 10.8. The quantitative estimate of drug-likeness (QED) is 0.729. The molecule has 1 aromatic rings. The molecule has 0 radical (unpaired) electrons. The van der Waals surface area contributed by atoms with Crippen molar-refractivity contribution in [3.05, 3.63) is 29.8 Å². The third-order valence-corrected chi connectivity index (χ3v) is 2.73. The van der Waals surface area contributed by atoms with E-state index in [4.69, 9.17) is 9.84 Å². The van der Waals surface area contributed by atoms with Crippen LogP contribution in [0.1, 0.15) is 32.3 Å². The molecule has 1 rings (SSSR count). The first-order valence-electron chi connectivity index (χ1n) is 6.36. The van der Waals surface area contributed by atoms with Crippen molar-refractivity contribution in [2.24, 2.45) is 0 Å². The van der Waals surface area contributed by atoms with E-state index < -0.39 is 0 Å². The molecule has 0 saturated heterocycles. The van der Waals surface area contributed by atoms with Crippen molar-refractivity contribution in [3.63, 3.8) is 0 Å². The number of hydrogen-bond acceptors (Lipinski definition) is 3. The molecular formula is C14H23NO2. The van der Waals surface area contributed by atoms with Gasteiger partial charge < -0.3 is 15.2 Å². The Kier molecular flexibility index (Phi) is 6.67. The van der Waals surface area contributed by atoms with E-state index in [9.17, 15) is 0 Å². The SMILES string of the molecule is CCCOc1ccccc1CN[C@@H](CC)CO. The highest BCUT2D eigenvalue weighted by molar-refractivity contribution is 5.33. The van der Waals surface area contributed by atoms with Gasteiger partial charge in [0.15, 0.2) is 0 Å². The molecule has 0 aliphatic carbocycles. The summed E-state index contributed by atoms with van der Waals surface area (Å²) >= 11 is 0. The minimum atomic E-state index is 0.161. The fraction of sp³-hybridized carbons (Fsp3) is 0.571. The van der Waals surface area contributed by atoms with E-state index in [0.29, 0.717) is 0 Å². The van der Waals surface area contributed by atoms with Crippen molar-refractivity contribution >= 4 is 0 Å². The van der Waals surface area contributed by atoms with E-state index >= 15 is 0 Å². The maximum atomic E-state index is 9.12. The fourth-order valence-electron chi connectivity index (χ4n) is 1.59. The summed E-state index contributed by atoms with van der Waals surface area (Å²) in [5.41, 5.74) is 1.15. The number of hydrogen-bond donors (Lipinski definition) is 2. The molecule has 0 bridgehead atoms.